The molecule has 1 saturated heterocycles. The Balaban J connectivity index is 2.00. The highest BCUT2D eigenvalue weighted by atomic mass is 16.5. The molecule has 2 fully saturated rings. The van der Waals surface area contributed by atoms with Crippen LogP contribution in [0, 0.1) is 5.92 Å². The predicted octanol–water partition coefficient (Wildman–Crippen LogP) is 0.767. The lowest BCUT2D eigenvalue weighted by molar-refractivity contribution is 0.403. The molecule has 3 rings (SSSR count). The van der Waals surface area contributed by atoms with Crippen molar-refractivity contribution in [3.63, 3.8) is 0 Å². The second-order valence-electron chi connectivity index (χ2n) is 4.57. The quantitative estimate of drug-likeness (QED) is 0.801. The SMILES string of the molecule is COc1c(N2CC3CCC2C3)nc[nH]c1=O. The Kier molecular flexibility index (Phi) is 2.12. The van der Waals surface area contributed by atoms with E-state index in [1.54, 1.807) is 0 Å². The molecule has 0 aromatic carbocycles. The monoisotopic (exact) mass is 221 g/mol. The number of piperidine rings is 1. The summed E-state index contributed by atoms with van der Waals surface area (Å²) in [6.07, 6.45) is 5.21. The van der Waals surface area contributed by atoms with E-state index >= 15 is 0 Å². The van der Waals surface area contributed by atoms with Gasteiger partial charge in [-0.1, -0.05) is 0 Å². The molecule has 2 heterocycles. The van der Waals surface area contributed by atoms with Gasteiger partial charge in [0.25, 0.3) is 5.56 Å². The average molecular weight is 221 g/mol. The summed E-state index contributed by atoms with van der Waals surface area (Å²) < 4.78 is 5.15. The predicted molar refractivity (Wildman–Crippen MR) is 59.9 cm³/mol. The van der Waals surface area contributed by atoms with Crippen LogP contribution in [0.1, 0.15) is 19.3 Å². The summed E-state index contributed by atoms with van der Waals surface area (Å²) >= 11 is 0. The molecule has 1 aliphatic heterocycles. The van der Waals surface area contributed by atoms with Gasteiger partial charge in [-0.3, -0.25) is 4.79 Å². The minimum absolute atomic E-state index is 0.199. The van der Waals surface area contributed by atoms with Gasteiger partial charge < -0.3 is 14.6 Å². The summed E-state index contributed by atoms with van der Waals surface area (Å²) in [6.45, 7) is 1.01. The molecule has 16 heavy (non-hydrogen) atoms. The molecule has 86 valence electrons. The lowest BCUT2D eigenvalue weighted by Gasteiger charge is -2.28. The summed E-state index contributed by atoms with van der Waals surface area (Å²) in [5.41, 5.74) is -0.199. The van der Waals surface area contributed by atoms with E-state index in [0.717, 1.165) is 12.5 Å². The zero-order valence-corrected chi connectivity index (χ0v) is 9.27. The molecule has 2 unspecified atom stereocenters. The van der Waals surface area contributed by atoms with Crippen molar-refractivity contribution in [2.45, 2.75) is 25.3 Å². The van der Waals surface area contributed by atoms with Gasteiger partial charge >= 0.3 is 0 Å². The van der Waals surface area contributed by atoms with Crippen LogP contribution in [-0.4, -0.2) is 29.7 Å². The van der Waals surface area contributed by atoms with E-state index in [2.05, 4.69) is 14.9 Å². The second-order valence-corrected chi connectivity index (χ2v) is 4.57. The van der Waals surface area contributed by atoms with Gasteiger partial charge in [0.2, 0.25) is 5.75 Å². The summed E-state index contributed by atoms with van der Waals surface area (Å²) in [5, 5.41) is 0. The summed E-state index contributed by atoms with van der Waals surface area (Å²) in [6, 6.07) is 0.549. The van der Waals surface area contributed by atoms with Crippen LogP contribution >= 0.6 is 0 Å². The number of hydrogen-bond acceptors (Lipinski definition) is 4. The number of aromatic nitrogens is 2. The third-order valence-corrected chi connectivity index (χ3v) is 3.68. The van der Waals surface area contributed by atoms with Crippen molar-refractivity contribution >= 4 is 5.82 Å². The van der Waals surface area contributed by atoms with Crippen LogP contribution in [0.3, 0.4) is 0 Å². The first-order valence-corrected chi connectivity index (χ1v) is 5.68. The molecule has 5 nitrogen and oxygen atoms in total. The minimum atomic E-state index is -0.199. The Hall–Kier alpha value is -1.52. The van der Waals surface area contributed by atoms with Crippen LogP contribution < -0.4 is 15.2 Å². The highest BCUT2D eigenvalue weighted by molar-refractivity contribution is 5.53. The third-order valence-electron chi connectivity index (χ3n) is 3.68. The number of methoxy groups -OCH3 is 1. The smallest absolute Gasteiger partial charge is 0.295 e. The maximum atomic E-state index is 11.6. The molecule has 0 amide bonds. The van der Waals surface area contributed by atoms with Gasteiger partial charge in [0.15, 0.2) is 5.82 Å². The largest absolute Gasteiger partial charge is 0.489 e. The minimum Gasteiger partial charge on any atom is -0.489 e. The number of fused-ring (bicyclic) bond motifs is 2. The topological polar surface area (TPSA) is 58.2 Å². The van der Waals surface area contributed by atoms with Gasteiger partial charge in [-0.25, -0.2) is 4.98 Å². The van der Waals surface area contributed by atoms with Gasteiger partial charge in [0, 0.05) is 12.6 Å². The number of nitrogens with zero attached hydrogens (tertiary/aromatic N) is 2. The molecular formula is C11H15N3O2. The zero-order chi connectivity index (χ0) is 11.1. The maximum absolute atomic E-state index is 11.6. The fraction of sp³-hybridized carbons (Fsp3) is 0.636. The van der Waals surface area contributed by atoms with Crippen LogP contribution in [0.5, 0.6) is 5.75 Å². The van der Waals surface area contributed by atoms with E-state index in [0.29, 0.717) is 17.6 Å². The van der Waals surface area contributed by atoms with Crippen molar-refractivity contribution in [3.05, 3.63) is 16.7 Å². The molecule has 2 bridgehead atoms. The highest BCUT2D eigenvalue weighted by Crippen LogP contribution is 2.41. The standard InChI is InChI=1S/C11H15N3O2/c1-16-9-10(12-6-13-11(9)15)14-5-7-2-3-8(14)4-7/h6-8H,2-5H2,1H3,(H,12,13,15). The van der Waals surface area contributed by atoms with Crippen molar-refractivity contribution < 1.29 is 4.74 Å². The molecular weight excluding hydrogens is 206 g/mol. The molecule has 5 heteroatoms. The highest BCUT2D eigenvalue weighted by Gasteiger charge is 2.39. The molecule has 1 aliphatic carbocycles. The van der Waals surface area contributed by atoms with E-state index in [-0.39, 0.29) is 5.56 Å². The number of hydrogen-bond donors (Lipinski definition) is 1. The number of aromatic amines is 1. The van der Waals surface area contributed by atoms with Crippen molar-refractivity contribution in [1.29, 1.82) is 0 Å². The molecule has 0 radical (unpaired) electrons. The third kappa shape index (κ3) is 1.31. The molecule has 1 aromatic rings. The van der Waals surface area contributed by atoms with Crippen LogP contribution in [-0.2, 0) is 0 Å². The van der Waals surface area contributed by atoms with E-state index < -0.39 is 0 Å². The normalized spacial score (nSPS) is 27.4. The van der Waals surface area contributed by atoms with Crippen LogP contribution in [0.25, 0.3) is 0 Å². The van der Waals surface area contributed by atoms with Crippen LogP contribution in [0.15, 0.2) is 11.1 Å². The summed E-state index contributed by atoms with van der Waals surface area (Å²) in [5.74, 6) is 1.82. The molecule has 0 spiro atoms. The number of rotatable bonds is 2. The Labute approximate surface area is 93.4 Å². The van der Waals surface area contributed by atoms with Gasteiger partial charge in [0.05, 0.1) is 13.4 Å². The van der Waals surface area contributed by atoms with Gasteiger partial charge in [-0.05, 0) is 25.2 Å². The van der Waals surface area contributed by atoms with E-state index in [4.69, 9.17) is 4.74 Å². The van der Waals surface area contributed by atoms with Crippen molar-refractivity contribution in [2.75, 3.05) is 18.6 Å². The fourth-order valence-corrected chi connectivity index (χ4v) is 2.95. The van der Waals surface area contributed by atoms with Crippen LogP contribution in [0.4, 0.5) is 5.82 Å². The average Bonchev–Trinajstić information content (AvgIpc) is 2.90. The number of H-pyrrole nitrogens is 1. The Morgan fingerprint density at radius 1 is 1.56 bits per heavy atom. The van der Waals surface area contributed by atoms with E-state index in [1.807, 2.05) is 0 Å². The molecule has 2 aliphatic rings. The summed E-state index contributed by atoms with van der Waals surface area (Å²) in [7, 11) is 1.52. The number of ether oxygens (including phenoxy) is 1. The van der Waals surface area contributed by atoms with Crippen molar-refractivity contribution in [3.8, 4) is 5.75 Å². The Bertz CT molecular complexity index is 457. The molecule has 1 N–H and O–H groups in total. The molecule has 2 atom stereocenters. The van der Waals surface area contributed by atoms with Crippen LogP contribution in [0.2, 0.25) is 0 Å². The lowest BCUT2D eigenvalue weighted by atomic mass is 10.1. The molecule has 1 saturated carbocycles. The first-order chi connectivity index (χ1) is 7.79. The number of anilines is 1. The zero-order valence-electron chi connectivity index (χ0n) is 9.27. The first-order valence-electron chi connectivity index (χ1n) is 5.68. The van der Waals surface area contributed by atoms with E-state index in [1.165, 1.54) is 32.7 Å². The second kappa shape index (κ2) is 3.50. The Morgan fingerprint density at radius 2 is 2.44 bits per heavy atom. The van der Waals surface area contributed by atoms with Gasteiger partial charge in [0.1, 0.15) is 0 Å². The fourth-order valence-electron chi connectivity index (χ4n) is 2.95. The van der Waals surface area contributed by atoms with Crippen molar-refractivity contribution in [2.24, 2.45) is 5.92 Å². The summed E-state index contributed by atoms with van der Waals surface area (Å²) in [4.78, 5) is 20.6. The first kappa shape index (κ1) is 9.69. The van der Waals surface area contributed by atoms with E-state index in [9.17, 15) is 4.79 Å². The number of nitrogens with one attached hydrogen (secondary N) is 1. The van der Waals surface area contributed by atoms with Gasteiger partial charge in [-0.15, -0.1) is 0 Å². The maximum Gasteiger partial charge on any atom is 0.295 e. The van der Waals surface area contributed by atoms with Gasteiger partial charge in [-0.2, -0.15) is 0 Å². The lowest BCUT2D eigenvalue weighted by Crippen LogP contribution is -2.34. The van der Waals surface area contributed by atoms with Crippen molar-refractivity contribution in [1.82, 2.24) is 9.97 Å². The molecule has 1 aromatic heterocycles. The Morgan fingerprint density at radius 3 is 3.06 bits per heavy atom.